The average Bonchev–Trinajstić information content (AvgIpc) is 2.78. The number of hydrogen-bond donors (Lipinski definition) is 0. The molecular formula is C10H7ClN2O2S. The summed E-state index contributed by atoms with van der Waals surface area (Å²) in [7, 11) is 1.32. The zero-order valence-electron chi connectivity index (χ0n) is 8.31. The van der Waals surface area contributed by atoms with Crippen LogP contribution in [-0.4, -0.2) is 23.0 Å². The molecule has 0 saturated carbocycles. The summed E-state index contributed by atoms with van der Waals surface area (Å²) >= 11 is 7.24. The van der Waals surface area contributed by atoms with Crippen LogP contribution in [0.3, 0.4) is 0 Å². The predicted octanol–water partition coefficient (Wildman–Crippen LogP) is 2.65. The highest BCUT2D eigenvalue weighted by atomic mass is 35.5. The molecule has 16 heavy (non-hydrogen) atoms. The highest BCUT2D eigenvalue weighted by Crippen LogP contribution is 2.28. The molecule has 0 amide bonds. The van der Waals surface area contributed by atoms with Crippen molar-refractivity contribution in [3.05, 3.63) is 34.6 Å². The minimum atomic E-state index is -0.456. The molecule has 0 bridgehead atoms. The highest BCUT2D eigenvalue weighted by molar-refractivity contribution is 7.13. The van der Waals surface area contributed by atoms with Gasteiger partial charge in [0.05, 0.1) is 7.11 Å². The van der Waals surface area contributed by atoms with Crippen LogP contribution in [0.1, 0.15) is 10.5 Å². The lowest BCUT2D eigenvalue weighted by molar-refractivity contribution is 0.0595. The molecule has 0 fully saturated rings. The molecule has 0 spiro atoms. The number of nitrogens with zero attached hydrogens (tertiary/aromatic N) is 2. The molecule has 0 aromatic carbocycles. The van der Waals surface area contributed by atoms with Crippen LogP contribution in [0.4, 0.5) is 0 Å². The molecule has 2 aromatic rings. The van der Waals surface area contributed by atoms with Crippen molar-refractivity contribution in [3.8, 4) is 10.6 Å². The average molecular weight is 255 g/mol. The molecule has 2 rings (SSSR count). The van der Waals surface area contributed by atoms with Gasteiger partial charge in [-0.2, -0.15) is 0 Å². The third-order valence-corrected chi connectivity index (χ3v) is 3.06. The maximum Gasteiger partial charge on any atom is 0.357 e. The Hall–Kier alpha value is -1.46. The van der Waals surface area contributed by atoms with Crippen molar-refractivity contribution in [1.82, 2.24) is 9.97 Å². The van der Waals surface area contributed by atoms with Crippen LogP contribution in [0.25, 0.3) is 10.6 Å². The van der Waals surface area contributed by atoms with Gasteiger partial charge in [0, 0.05) is 17.1 Å². The number of ether oxygens (including phenoxy) is 1. The Morgan fingerprint density at radius 2 is 2.38 bits per heavy atom. The Labute approximate surface area is 101 Å². The molecule has 6 heteroatoms. The quantitative estimate of drug-likeness (QED) is 0.611. The SMILES string of the molecule is COC(=O)c1csc(-c2cccnc2Cl)n1. The Morgan fingerprint density at radius 1 is 1.56 bits per heavy atom. The largest absolute Gasteiger partial charge is 0.464 e. The van der Waals surface area contributed by atoms with E-state index in [4.69, 9.17) is 11.6 Å². The minimum Gasteiger partial charge on any atom is -0.464 e. The second kappa shape index (κ2) is 4.59. The lowest BCUT2D eigenvalue weighted by Gasteiger charge is -1.97. The highest BCUT2D eigenvalue weighted by Gasteiger charge is 2.13. The van der Waals surface area contributed by atoms with E-state index in [-0.39, 0.29) is 5.69 Å². The van der Waals surface area contributed by atoms with E-state index in [2.05, 4.69) is 14.7 Å². The standard InChI is InChI=1S/C10H7ClN2O2S/c1-15-10(14)7-5-16-9(13-7)6-3-2-4-12-8(6)11/h2-5H,1H3. The number of aromatic nitrogens is 2. The molecule has 0 aliphatic heterocycles. The molecule has 0 aliphatic carbocycles. The van der Waals surface area contributed by atoms with E-state index < -0.39 is 5.97 Å². The number of methoxy groups -OCH3 is 1. The van der Waals surface area contributed by atoms with Crippen LogP contribution in [-0.2, 0) is 4.74 Å². The number of carbonyl (C=O) groups is 1. The second-order valence-electron chi connectivity index (χ2n) is 2.87. The van der Waals surface area contributed by atoms with Gasteiger partial charge in [-0.15, -0.1) is 11.3 Å². The third-order valence-electron chi connectivity index (χ3n) is 1.89. The zero-order chi connectivity index (χ0) is 11.5. The molecular weight excluding hydrogens is 248 g/mol. The fraction of sp³-hybridized carbons (Fsp3) is 0.100. The van der Waals surface area contributed by atoms with E-state index >= 15 is 0 Å². The number of hydrogen-bond acceptors (Lipinski definition) is 5. The molecule has 0 radical (unpaired) electrons. The van der Waals surface area contributed by atoms with Crippen molar-refractivity contribution in [3.63, 3.8) is 0 Å². The van der Waals surface area contributed by atoms with Gasteiger partial charge in [-0.3, -0.25) is 0 Å². The number of thiazole rings is 1. The molecule has 0 saturated heterocycles. The first kappa shape index (κ1) is 11.0. The van der Waals surface area contributed by atoms with Crippen LogP contribution in [0.15, 0.2) is 23.7 Å². The van der Waals surface area contributed by atoms with Crippen molar-refractivity contribution in [1.29, 1.82) is 0 Å². The monoisotopic (exact) mass is 254 g/mol. The predicted molar refractivity (Wildman–Crippen MR) is 61.7 cm³/mol. The Morgan fingerprint density at radius 3 is 3.06 bits per heavy atom. The molecule has 0 atom stereocenters. The Kier molecular flexibility index (Phi) is 3.17. The number of pyridine rings is 1. The van der Waals surface area contributed by atoms with E-state index in [1.807, 2.05) is 0 Å². The van der Waals surface area contributed by atoms with E-state index in [0.29, 0.717) is 15.7 Å². The Balaban J connectivity index is 2.39. The Bertz CT molecular complexity index is 527. The van der Waals surface area contributed by atoms with Crippen molar-refractivity contribution in [2.24, 2.45) is 0 Å². The summed E-state index contributed by atoms with van der Waals surface area (Å²) in [5.41, 5.74) is 0.992. The van der Waals surface area contributed by atoms with Gasteiger partial charge < -0.3 is 4.74 Å². The fourth-order valence-electron chi connectivity index (χ4n) is 1.14. The summed E-state index contributed by atoms with van der Waals surface area (Å²) in [6.45, 7) is 0. The number of esters is 1. The fourth-order valence-corrected chi connectivity index (χ4v) is 2.22. The molecule has 2 aromatic heterocycles. The topological polar surface area (TPSA) is 52.1 Å². The van der Waals surface area contributed by atoms with Gasteiger partial charge in [-0.1, -0.05) is 11.6 Å². The van der Waals surface area contributed by atoms with Gasteiger partial charge in [0.25, 0.3) is 0 Å². The van der Waals surface area contributed by atoms with Gasteiger partial charge in [0.2, 0.25) is 0 Å². The van der Waals surface area contributed by atoms with E-state index in [1.165, 1.54) is 18.4 Å². The summed E-state index contributed by atoms with van der Waals surface area (Å²) in [6, 6.07) is 3.57. The van der Waals surface area contributed by atoms with Crippen LogP contribution < -0.4 is 0 Å². The minimum absolute atomic E-state index is 0.280. The lowest BCUT2D eigenvalue weighted by Crippen LogP contribution is -2.00. The van der Waals surface area contributed by atoms with E-state index in [1.54, 1.807) is 23.7 Å². The first-order chi connectivity index (χ1) is 7.72. The summed E-state index contributed by atoms with van der Waals surface area (Å²) in [6.07, 6.45) is 1.60. The van der Waals surface area contributed by atoms with Gasteiger partial charge in [0.15, 0.2) is 5.69 Å². The summed E-state index contributed by atoms with van der Waals surface area (Å²) in [5, 5.41) is 2.65. The summed E-state index contributed by atoms with van der Waals surface area (Å²) in [5.74, 6) is -0.456. The van der Waals surface area contributed by atoms with Crippen LogP contribution >= 0.6 is 22.9 Å². The lowest BCUT2D eigenvalue weighted by atomic mass is 10.3. The van der Waals surface area contributed by atoms with Gasteiger partial charge in [-0.05, 0) is 12.1 Å². The summed E-state index contributed by atoms with van der Waals surface area (Å²) in [4.78, 5) is 19.3. The van der Waals surface area contributed by atoms with Crippen LogP contribution in [0.5, 0.6) is 0 Å². The van der Waals surface area contributed by atoms with Crippen LogP contribution in [0.2, 0.25) is 5.15 Å². The van der Waals surface area contributed by atoms with E-state index in [9.17, 15) is 4.79 Å². The molecule has 2 heterocycles. The first-order valence-corrected chi connectivity index (χ1v) is 5.63. The smallest absolute Gasteiger partial charge is 0.357 e. The van der Waals surface area contributed by atoms with Crippen molar-refractivity contribution in [2.45, 2.75) is 0 Å². The molecule has 0 aliphatic rings. The van der Waals surface area contributed by atoms with Gasteiger partial charge >= 0.3 is 5.97 Å². The zero-order valence-corrected chi connectivity index (χ0v) is 9.88. The van der Waals surface area contributed by atoms with Gasteiger partial charge in [-0.25, -0.2) is 14.8 Å². The number of halogens is 1. The first-order valence-electron chi connectivity index (χ1n) is 4.37. The molecule has 0 N–H and O–H groups in total. The maximum atomic E-state index is 11.2. The van der Waals surface area contributed by atoms with Crippen molar-refractivity contribution >= 4 is 28.9 Å². The van der Waals surface area contributed by atoms with E-state index in [0.717, 1.165) is 0 Å². The maximum absolute atomic E-state index is 11.2. The second-order valence-corrected chi connectivity index (χ2v) is 4.09. The third kappa shape index (κ3) is 2.05. The van der Waals surface area contributed by atoms with Gasteiger partial charge in [0.1, 0.15) is 10.2 Å². The molecule has 82 valence electrons. The number of carbonyl (C=O) groups excluding carboxylic acids is 1. The summed E-state index contributed by atoms with van der Waals surface area (Å²) < 4.78 is 4.57. The van der Waals surface area contributed by atoms with Crippen molar-refractivity contribution < 1.29 is 9.53 Å². The normalized spacial score (nSPS) is 10.1. The van der Waals surface area contributed by atoms with Crippen LogP contribution in [0, 0.1) is 0 Å². The molecule has 0 unspecified atom stereocenters. The molecule has 4 nitrogen and oxygen atoms in total. The van der Waals surface area contributed by atoms with Crippen molar-refractivity contribution in [2.75, 3.05) is 7.11 Å². The number of rotatable bonds is 2.